The van der Waals surface area contributed by atoms with Gasteiger partial charge in [0.15, 0.2) is 0 Å². The quantitative estimate of drug-likeness (QED) is 0.840. The third-order valence-electron chi connectivity index (χ3n) is 3.96. The van der Waals surface area contributed by atoms with Crippen molar-refractivity contribution in [2.45, 2.75) is 32.0 Å². The summed E-state index contributed by atoms with van der Waals surface area (Å²) in [7, 11) is 0. The first kappa shape index (κ1) is 17.0. The Bertz CT molecular complexity index is 859. The van der Waals surface area contributed by atoms with E-state index in [2.05, 4.69) is 10.2 Å². The third-order valence-corrected chi connectivity index (χ3v) is 3.96. The van der Waals surface area contributed by atoms with Gasteiger partial charge in [-0.1, -0.05) is 5.10 Å². The number of alkyl halides is 3. The summed E-state index contributed by atoms with van der Waals surface area (Å²) in [4.78, 5) is 14.0. The first-order valence-corrected chi connectivity index (χ1v) is 7.68. The van der Waals surface area contributed by atoms with Gasteiger partial charge >= 0.3 is 12.2 Å². The Morgan fingerprint density at radius 3 is 2.56 bits per heavy atom. The summed E-state index contributed by atoms with van der Waals surface area (Å²) in [5.41, 5.74) is -2.60. The average Bonchev–Trinajstić information content (AvgIpc) is 3.05. The maximum atomic E-state index is 13.1. The highest BCUT2D eigenvalue weighted by molar-refractivity contribution is 5.29. The molecule has 0 saturated carbocycles. The molecule has 0 unspecified atom stereocenters. The highest BCUT2D eigenvalue weighted by atomic mass is 19.4. The highest BCUT2D eigenvalue weighted by Gasteiger charge is 2.35. The van der Waals surface area contributed by atoms with Gasteiger partial charge in [0.05, 0.1) is 0 Å². The molecular weight excluding hydrogens is 339 g/mol. The second kappa shape index (κ2) is 6.58. The molecule has 0 amide bonds. The van der Waals surface area contributed by atoms with Gasteiger partial charge in [0.2, 0.25) is 5.89 Å². The highest BCUT2D eigenvalue weighted by Crippen LogP contribution is 2.29. The lowest BCUT2D eigenvalue weighted by molar-refractivity contribution is -0.144. The van der Waals surface area contributed by atoms with Crippen LogP contribution in [0, 0.1) is 11.3 Å². The summed E-state index contributed by atoms with van der Waals surface area (Å²) < 4.78 is 45.3. The molecule has 2 aromatic heterocycles. The third kappa shape index (κ3) is 3.50. The van der Waals surface area contributed by atoms with Gasteiger partial charge in [-0.3, -0.25) is 9.36 Å². The topological polar surface area (TPSA) is 87.9 Å². The van der Waals surface area contributed by atoms with E-state index in [-0.39, 0.29) is 17.5 Å². The molecule has 25 heavy (non-hydrogen) atoms. The van der Waals surface area contributed by atoms with Crippen molar-refractivity contribution in [1.82, 2.24) is 14.8 Å². The molecule has 0 atom stereocenters. The number of pyridine rings is 1. The van der Waals surface area contributed by atoms with Crippen molar-refractivity contribution in [2.24, 2.45) is 0 Å². The van der Waals surface area contributed by atoms with Crippen molar-refractivity contribution in [3.8, 4) is 6.07 Å². The standard InChI is InChI=1S/C15H14F3N5O2/c16-15(17,18)11-5-4-10(8-19)13(24)23(11)9-12-20-21-14(25-12)22-6-2-1-3-7-22/h4-5H,1-3,6-7,9H2. The number of halogens is 3. The van der Waals surface area contributed by atoms with E-state index < -0.39 is 24.0 Å². The zero-order valence-electron chi connectivity index (χ0n) is 13.1. The minimum absolute atomic E-state index is 0.122. The van der Waals surface area contributed by atoms with Crippen LogP contribution in [0.3, 0.4) is 0 Å². The number of hydrogen-bond donors (Lipinski definition) is 0. The molecule has 1 saturated heterocycles. The number of nitriles is 1. The largest absolute Gasteiger partial charge is 0.431 e. The fourth-order valence-corrected chi connectivity index (χ4v) is 2.72. The lowest BCUT2D eigenvalue weighted by Crippen LogP contribution is -2.30. The summed E-state index contributed by atoms with van der Waals surface area (Å²) in [6, 6.07) is 3.36. The molecule has 0 N–H and O–H groups in total. The number of anilines is 1. The Hall–Kier alpha value is -2.83. The fourth-order valence-electron chi connectivity index (χ4n) is 2.72. The Balaban J connectivity index is 1.94. The van der Waals surface area contributed by atoms with Gasteiger partial charge in [0.25, 0.3) is 5.56 Å². The molecule has 3 heterocycles. The van der Waals surface area contributed by atoms with Gasteiger partial charge in [-0.05, 0) is 31.4 Å². The number of nitrogens with zero attached hydrogens (tertiary/aromatic N) is 5. The van der Waals surface area contributed by atoms with E-state index in [9.17, 15) is 18.0 Å². The van der Waals surface area contributed by atoms with E-state index in [1.165, 1.54) is 0 Å². The lowest BCUT2D eigenvalue weighted by Gasteiger charge is -2.24. The first-order valence-electron chi connectivity index (χ1n) is 7.68. The van der Waals surface area contributed by atoms with Gasteiger partial charge < -0.3 is 9.32 Å². The van der Waals surface area contributed by atoms with Gasteiger partial charge in [-0.25, -0.2) is 0 Å². The summed E-state index contributed by atoms with van der Waals surface area (Å²) in [5.74, 6) is -0.122. The van der Waals surface area contributed by atoms with E-state index >= 15 is 0 Å². The summed E-state index contributed by atoms with van der Waals surface area (Å²) in [6.07, 6.45) is -1.70. The normalized spacial score (nSPS) is 15.2. The van der Waals surface area contributed by atoms with E-state index in [4.69, 9.17) is 9.68 Å². The maximum Gasteiger partial charge on any atom is 0.431 e. The smallest absolute Gasteiger partial charge is 0.406 e. The van der Waals surface area contributed by atoms with Crippen molar-refractivity contribution in [1.29, 1.82) is 5.26 Å². The molecule has 0 bridgehead atoms. The van der Waals surface area contributed by atoms with Crippen molar-refractivity contribution in [3.05, 3.63) is 39.6 Å². The molecule has 10 heteroatoms. The van der Waals surface area contributed by atoms with Crippen LogP contribution in [0.15, 0.2) is 21.3 Å². The minimum atomic E-state index is -4.75. The van der Waals surface area contributed by atoms with Crippen LogP contribution in [-0.2, 0) is 12.7 Å². The molecule has 1 fully saturated rings. The molecule has 3 rings (SSSR count). The van der Waals surface area contributed by atoms with Crippen LogP contribution in [0.5, 0.6) is 0 Å². The van der Waals surface area contributed by atoms with E-state index in [1.807, 2.05) is 4.90 Å². The fraction of sp³-hybridized carbons (Fsp3) is 0.467. The van der Waals surface area contributed by atoms with Crippen LogP contribution in [0.2, 0.25) is 0 Å². The van der Waals surface area contributed by atoms with Crippen LogP contribution in [0.1, 0.15) is 36.4 Å². The van der Waals surface area contributed by atoms with Crippen molar-refractivity contribution in [3.63, 3.8) is 0 Å². The van der Waals surface area contributed by atoms with Gasteiger partial charge in [0, 0.05) is 13.1 Å². The Labute approximate surface area is 140 Å². The summed E-state index contributed by atoms with van der Waals surface area (Å²) >= 11 is 0. The average molecular weight is 353 g/mol. The Kier molecular flexibility index (Phi) is 4.48. The van der Waals surface area contributed by atoms with Crippen LogP contribution in [-0.4, -0.2) is 27.9 Å². The van der Waals surface area contributed by atoms with Crippen LogP contribution in [0.4, 0.5) is 19.2 Å². The maximum absolute atomic E-state index is 13.1. The second-order valence-electron chi connectivity index (χ2n) is 5.66. The van der Waals surface area contributed by atoms with E-state index in [1.54, 1.807) is 6.07 Å². The van der Waals surface area contributed by atoms with Gasteiger partial charge in [0.1, 0.15) is 23.9 Å². The molecule has 1 aliphatic heterocycles. The minimum Gasteiger partial charge on any atom is -0.406 e. The van der Waals surface area contributed by atoms with E-state index in [0.29, 0.717) is 10.6 Å². The number of aromatic nitrogens is 3. The van der Waals surface area contributed by atoms with Crippen LogP contribution < -0.4 is 10.5 Å². The predicted octanol–water partition coefficient (Wildman–Crippen LogP) is 2.16. The lowest BCUT2D eigenvalue weighted by atomic mass is 10.1. The molecular formula is C15H14F3N5O2. The van der Waals surface area contributed by atoms with Crippen LogP contribution >= 0.6 is 0 Å². The number of rotatable bonds is 3. The zero-order valence-corrected chi connectivity index (χ0v) is 13.1. The van der Waals surface area contributed by atoms with E-state index in [0.717, 1.165) is 38.4 Å². The predicted molar refractivity (Wildman–Crippen MR) is 79.9 cm³/mol. The Morgan fingerprint density at radius 2 is 1.92 bits per heavy atom. The number of piperidine rings is 1. The molecule has 2 aromatic rings. The summed E-state index contributed by atoms with van der Waals surface area (Å²) in [6.45, 7) is 0.919. The Morgan fingerprint density at radius 1 is 1.20 bits per heavy atom. The number of hydrogen-bond acceptors (Lipinski definition) is 6. The SMILES string of the molecule is N#Cc1ccc(C(F)(F)F)n(Cc2nnc(N3CCCCC3)o2)c1=O. The molecule has 7 nitrogen and oxygen atoms in total. The summed E-state index contributed by atoms with van der Waals surface area (Å²) in [5, 5.41) is 16.5. The van der Waals surface area contributed by atoms with Gasteiger partial charge in [-0.2, -0.15) is 18.4 Å². The molecule has 1 aliphatic rings. The molecule has 132 valence electrons. The van der Waals surface area contributed by atoms with Gasteiger partial charge in [-0.15, -0.1) is 5.10 Å². The molecule has 0 radical (unpaired) electrons. The molecule has 0 spiro atoms. The van der Waals surface area contributed by atoms with Crippen molar-refractivity contribution in [2.75, 3.05) is 18.0 Å². The van der Waals surface area contributed by atoms with Crippen molar-refractivity contribution < 1.29 is 17.6 Å². The molecule has 0 aliphatic carbocycles. The second-order valence-corrected chi connectivity index (χ2v) is 5.66. The van der Waals surface area contributed by atoms with Crippen LogP contribution in [0.25, 0.3) is 0 Å². The molecule has 0 aromatic carbocycles. The van der Waals surface area contributed by atoms with Crippen molar-refractivity contribution >= 4 is 6.01 Å². The zero-order chi connectivity index (χ0) is 18.0. The first-order chi connectivity index (χ1) is 11.9. The monoisotopic (exact) mass is 353 g/mol.